The minimum Gasteiger partial charge on any atom is -0.420 e. The Bertz CT molecular complexity index is 429. The second-order valence-electron chi connectivity index (χ2n) is 6.54. The normalized spacial score (nSPS) is 30.8. The van der Waals surface area contributed by atoms with Crippen LogP contribution >= 0.6 is 0 Å². The van der Waals surface area contributed by atoms with Crippen molar-refractivity contribution >= 4 is 55.7 Å². The van der Waals surface area contributed by atoms with E-state index in [9.17, 15) is 0 Å². The first-order valence-electron chi connectivity index (χ1n) is 10.2. The van der Waals surface area contributed by atoms with Crippen molar-refractivity contribution in [1.82, 2.24) is 0 Å². The molecule has 0 aromatic carbocycles. The summed E-state index contributed by atoms with van der Waals surface area (Å²) in [6.45, 7) is 23.2. The lowest BCUT2D eigenvalue weighted by Crippen LogP contribution is -2.48. The predicted molar refractivity (Wildman–Crippen MR) is 139 cm³/mol. The van der Waals surface area contributed by atoms with Gasteiger partial charge in [-0.2, -0.15) is 0 Å². The van der Waals surface area contributed by atoms with E-state index in [0.29, 0.717) is 36.3 Å². The lowest BCUT2D eigenvalue weighted by atomic mass is 10.8. The number of hydrogen-bond donors (Lipinski definition) is 0. The van der Waals surface area contributed by atoms with Crippen LogP contribution in [0.15, 0.2) is 75.9 Å². The molecule has 0 aromatic rings. The smallest absolute Gasteiger partial charge is 0.307 e. The Balaban J connectivity index is 3.20. The van der Waals surface area contributed by atoms with E-state index in [1.165, 1.54) is 0 Å². The third kappa shape index (κ3) is 11.2. The molecule has 1 saturated heterocycles. The second-order valence-corrected chi connectivity index (χ2v) is 21.1. The van der Waals surface area contributed by atoms with Crippen LogP contribution in [0.3, 0.4) is 0 Å². The van der Waals surface area contributed by atoms with Gasteiger partial charge in [-0.1, -0.05) is 36.5 Å². The lowest BCUT2D eigenvalue weighted by molar-refractivity contribution is 0.287. The summed E-state index contributed by atoms with van der Waals surface area (Å²) in [6, 6.07) is 4.11. The van der Waals surface area contributed by atoms with E-state index in [1.54, 1.807) is 0 Å². The Labute approximate surface area is 192 Å². The zero-order valence-corrected chi connectivity index (χ0v) is 24.8. The molecule has 1 heterocycles. The summed E-state index contributed by atoms with van der Waals surface area (Å²) in [7, 11) is -12.3. The third-order valence-corrected chi connectivity index (χ3v) is 22.9. The number of hydrogen-bond acceptors (Lipinski definition) is 6. The van der Waals surface area contributed by atoms with E-state index in [0.717, 1.165) is 0 Å². The largest absolute Gasteiger partial charge is 0.420 e. The Kier molecular flexibility index (Phi) is 15.7. The molecule has 1 fully saturated rings. The highest BCUT2D eigenvalue weighted by Crippen LogP contribution is 2.17. The summed E-state index contributed by atoms with van der Waals surface area (Å²) in [6.07, 6.45) is 11.1. The zero-order chi connectivity index (χ0) is 22.2. The molecule has 0 bridgehead atoms. The van der Waals surface area contributed by atoms with Gasteiger partial charge < -0.3 is 24.7 Å². The van der Waals surface area contributed by atoms with Gasteiger partial charge in [0.2, 0.25) is 0 Å². The monoisotopic (exact) mass is 516 g/mol. The van der Waals surface area contributed by atoms with Gasteiger partial charge in [-0.05, 0) is 0 Å². The van der Waals surface area contributed by atoms with Gasteiger partial charge in [0.15, 0.2) is 0 Å². The van der Waals surface area contributed by atoms with Crippen LogP contribution in [0.25, 0.3) is 0 Å². The molecule has 0 saturated carbocycles. The standard InChI is InChI=1S/C18H36O6Si6/c1-7-13-25-19-26(14-8-2)21-28(16-10-4)23-30(18-12-6)24-29(17-11-5)22-27(20-25)15-9-3/h7-12,25-30H,1-6,13-18H2. The molecule has 0 unspecified atom stereocenters. The van der Waals surface area contributed by atoms with E-state index >= 15 is 0 Å². The molecule has 0 aromatic heterocycles. The summed E-state index contributed by atoms with van der Waals surface area (Å²) in [4.78, 5) is 0. The van der Waals surface area contributed by atoms with Crippen molar-refractivity contribution in [3.8, 4) is 0 Å². The fourth-order valence-electron chi connectivity index (χ4n) is 2.69. The molecule has 30 heavy (non-hydrogen) atoms. The quantitative estimate of drug-likeness (QED) is 0.293. The molecule has 0 spiro atoms. The number of rotatable bonds is 12. The van der Waals surface area contributed by atoms with E-state index in [2.05, 4.69) is 39.5 Å². The van der Waals surface area contributed by atoms with Gasteiger partial charge in [0.25, 0.3) is 0 Å². The van der Waals surface area contributed by atoms with Gasteiger partial charge in [-0.3, -0.25) is 0 Å². The fraction of sp³-hybridized carbons (Fsp3) is 0.333. The first-order valence-corrected chi connectivity index (χ1v) is 20.7. The Morgan fingerprint density at radius 1 is 0.333 bits per heavy atom. The van der Waals surface area contributed by atoms with Crippen LogP contribution in [0.2, 0.25) is 36.3 Å². The van der Waals surface area contributed by atoms with Crippen LogP contribution < -0.4 is 0 Å². The fourth-order valence-corrected chi connectivity index (χ4v) is 22.8. The lowest BCUT2D eigenvalue weighted by Gasteiger charge is -2.33. The minimum absolute atomic E-state index is 0.685. The second kappa shape index (κ2) is 17.1. The van der Waals surface area contributed by atoms with Crippen LogP contribution in [-0.2, 0) is 24.7 Å². The van der Waals surface area contributed by atoms with E-state index in [1.807, 2.05) is 36.5 Å². The summed E-state index contributed by atoms with van der Waals surface area (Å²) in [5, 5.41) is 0. The molecule has 0 N–H and O–H groups in total. The van der Waals surface area contributed by atoms with Gasteiger partial charge in [0.05, 0.1) is 0 Å². The van der Waals surface area contributed by atoms with E-state index < -0.39 is 55.7 Å². The Hall–Kier alpha value is -0.499. The molecule has 0 atom stereocenters. The highest BCUT2D eigenvalue weighted by Gasteiger charge is 2.33. The minimum atomic E-state index is -2.05. The SMILES string of the molecule is C=CC[SiH]1O[SiH](CC=C)O[SiH](CC=C)O[SiH](CC=C)O[SiH](CC=C)O[SiH](CC=C)O1. The van der Waals surface area contributed by atoms with Gasteiger partial charge in [-0.25, -0.2) is 0 Å². The summed E-state index contributed by atoms with van der Waals surface area (Å²) < 4.78 is 38.6. The topological polar surface area (TPSA) is 55.4 Å². The highest BCUT2D eigenvalue weighted by atomic mass is 28.5. The molecule has 0 aliphatic carbocycles. The summed E-state index contributed by atoms with van der Waals surface area (Å²) in [5.74, 6) is 0. The van der Waals surface area contributed by atoms with Crippen molar-refractivity contribution in [2.24, 2.45) is 0 Å². The van der Waals surface area contributed by atoms with Crippen molar-refractivity contribution < 1.29 is 24.7 Å². The molecule has 0 amide bonds. The maximum absolute atomic E-state index is 6.43. The molecular formula is C18H36O6Si6. The van der Waals surface area contributed by atoms with Crippen molar-refractivity contribution in [2.75, 3.05) is 0 Å². The molecule has 0 radical (unpaired) electrons. The third-order valence-electron chi connectivity index (χ3n) is 3.98. The Morgan fingerprint density at radius 2 is 0.467 bits per heavy atom. The van der Waals surface area contributed by atoms with Gasteiger partial charge in [0.1, 0.15) is 0 Å². The van der Waals surface area contributed by atoms with Gasteiger partial charge in [0, 0.05) is 36.3 Å². The van der Waals surface area contributed by atoms with Crippen LogP contribution in [0.1, 0.15) is 0 Å². The first-order chi connectivity index (χ1) is 14.6. The molecule has 12 heteroatoms. The van der Waals surface area contributed by atoms with Gasteiger partial charge in [-0.15, -0.1) is 39.5 Å². The first kappa shape index (κ1) is 27.5. The average molecular weight is 517 g/mol. The highest BCUT2D eigenvalue weighted by molar-refractivity contribution is 6.74. The van der Waals surface area contributed by atoms with Crippen molar-refractivity contribution in [3.63, 3.8) is 0 Å². The average Bonchev–Trinajstić information content (AvgIpc) is 2.68. The van der Waals surface area contributed by atoms with Crippen molar-refractivity contribution in [1.29, 1.82) is 0 Å². The number of allylic oxidation sites excluding steroid dienone is 6. The maximum Gasteiger partial charge on any atom is 0.307 e. The predicted octanol–water partition coefficient (Wildman–Crippen LogP) is 2.54. The molecule has 1 aliphatic rings. The van der Waals surface area contributed by atoms with Crippen LogP contribution in [0.4, 0.5) is 0 Å². The molecule has 1 aliphatic heterocycles. The van der Waals surface area contributed by atoms with Crippen LogP contribution in [-0.4, -0.2) is 55.7 Å². The van der Waals surface area contributed by atoms with E-state index in [4.69, 9.17) is 24.7 Å². The maximum atomic E-state index is 6.43. The zero-order valence-electron chi connectivity index (χ0n) is 17.9. The molecule has 6 nitrogen and oxygen atoms in total. The van der Waals surface area contributed by atoms with Crippen LogP contribution in [0.5, 0.6) is 0 Å². The Morgan fingerprint density at radius 3 is 0.567 bits per heavy atom. The molecule has 1 rings (SSSR count). The van der Waals surface area contributed by atoms with Crippen molar-refractivity contribution in [3.05, 3.63) is 75.9 Å². The summed E-state index contributed by atoms with van der Waals surface area (Å²) >= 11 is 0. The van der Waals surface area contributed by atoms with Crippen molar-refractivity contribution in [2.45, 2.75) is 36.3 Å². The van der Waals surface area contributed by atoms with E-state index in [-0.39, 0.29) is 0 Å². The molecular weight excluding hydrogens is 481 g/mol. The summed E-state index contributed by atoms with van der Waals surface area (Å²) in [5.41, 5.74) is 0. The van der Waals surface area contributed by atoms with Gasteiger partial charge >= 0.3 is 55.7 Å². The molecule has 168 valence electrons. The van der Waals surface area contributed by atoms with Crippen LogP contribution in [0, 0.1) is 0 Å².